The van der Waals surface area contributed by atoms with Crippen molar-refractivity contribution < 1.29 is 9.13 Å². The molecule has 4 nitrogen and oxygen atoms in total. The van der Waals surface area contributed by atoms with E-state index < -0.39 is 0 Å². The molecule has 1 heterocycles. The molecule has 1 atom stereocenters. The second kappa shape index (κ2) is 7.13. The van der Waals surface area contributed by atoms with E-state index in [1.807, 2.05) is 30.3 Å². The normalized spacial score (nSPS) is 17.3. The molecule has 0 aromatic heterocycles. The van der Waals surface area contributed by atoms with Crippen molar-refractivity contribution in [3.05, 3.63) is 65.5 Å². The molecule has 5 heteroatoms. The van der Waals surface area contributed by atoms with Gasteiger partial charge in [-0.05, 0) is 24.1 Å². The quantitative estimate of drug-likeness (QED) is 0.674. The van der Waals surface area contributed by atoms with E-state index in [0.29, 0.717) is 31.1 Å². The highest BCUT2D eigenvalue weighted by atomic mass is 19.1. The van der Waals surface area contributed by atoms with E-state index in [1.54, 1.807) is 12.1 Å². The van der Waals surface area contributed by atoms with Crippen molar-refractivity contribution in [1.82, 2.24) is 5.32 Å². The number of halogens is 1. The van der Waals surface area contributed by atoms with Crippen LogP contribution in [-0.4, -0.2) is 19.1 Å². The van der Waals surface area contributed by atoms with Crippen LogP contribution in [0.2, 0.25) is 0 Å². The Morgan fingerprint density at radius 1 is 1.22 bits per heavy atom. The van der Waals surface area contributed by atoms with E-state index in [1.165, 1.54) is 6.07 Å². The van der Waals surface area contributed by atoms with Crippen LogP contribution in [0.15, 0.2) is 53.5 Å². The molecule has 0 amide bonds. The van der Waals surface area contributed by atoms with Crippen molar-refractivity contribution in [2.24, 2.45) is 10.7 Å². The van der Waals surface area contributed by atoms with Crippen LogP contribution < -0.4 is 15.8 Å². The number of para-hydroxylation sites is 1. The summed E-state index contributed by atoms with van der Waals surface area (Å²) in [5.74, 6) is 1.06. The predicted molar refractivity (Wildman–Crippen MR) is 89.0 cm³/mol. The molecule has 0 fully saturated rings. The molecule has 0 bridgehead atoms. The molecule has 0 saturated heterocycles. The number of aliphatic imine (C=N–C) groups is 1. The van der Waals surface area contributed by atoms with Crippen LogP contribution in [-0.2, 0) is 6.42 Å². The SMILES string of the molecule is NC(=NCCc1ccccc1F)NC1CCOc2ccccc21. The van der Waals surface area contributed by atoms with Crippen LogP contribution in [0.4, 0.5) is 4.39 Å². The summed E-state index contributed by atoms with van der Waals surface area (Å²) < 4.78 is 19.2. The molecule has 3 N–H and O–H groups in total. The smallest absolute Gasteiger partial charge is 0.189 e. The Hall–Kier alpha value is -2.56. The Labute approximate surface area is 135 Å². The summed E-state index contributed by atoms with van der Waals surface area (Å²) in [7, 11) is 0. The fraction of sp³-hybridized carbons (Fsp3) is 0.278. The maximum absolute atomic E-state index is 13.5. The molecular formula is C18H20FN3O. The molecule has 1 unspecified atom stereocenters. The molecule has 120 valence electrons. The van der Waals surface area contributed by atoms with Gasteiger partial charge >= 0.3 is 0 Å². The third-order valence-corrected chi connectivity index (χ3v) is 3.90. The summed E-state index contributed by atoms with van der Waals surface area (Å²) in [4.78, 5) is 4.30. The average Bonchev–Trinajstić information content (AvgIpc) is 2.57. The van der Waals surface area contributed by atoms with Crippen LogP contribution in [0, 0.1) is 5.82 Å². The summed E-state index contributed by atoms with van der Waals surface area (Å²) in [6.07, 6.45) is 1.36. The molecule has 1 aliphatic rings. The van der Waals surface area contributed by atoms with Crippen LogP contribution in [0.5, 0.6) is 5.75 Å². The lowest BCUT2D eigenvalue weighted by Crippen LogP contribution is -2.37. The Kier molecular flexibility index (Phi) is 4.76. The number of nitrogens with two attached hydrogens (primary N) is 1. The van der Waals surface area contributed by atoms with E-state index in [2.05, 4.69) is 10.3 Å². The number of fused-ring (bicyclic) bond motifs is 1. The van der Waals surface area contributed by atoms with Gasteiger partial charge in [-0.2, -0.15) is 0 Å². The van der Waals surface area contributed by atoms with Gasteiger partial charge in [0.15, 0.2) is 5.96 Å². The van der Waals surface area contributed by atoms with Gasteiger partial charge < -0.3 is 15.8 Å². The minimum absolute atomic E-state index is 0.0946. The largest absolute Gasteiger partial charge is 0.493 e. The summed E-state index contributed by atoms with van der Waals surface area (Å²) >= 11 is 0. The van der Waals surface area contributed by atoms with Crippen molar-refractivity contribution in [3.63, 3.8) is 0 Å². The minimum atomic E-state index is -0.201. The molecule has 2 aromatic carbocycles. The summed E-state index contributed by atoms with van der Waals surface area (Å²) in [5, 5.41) is 3.23. The number of nitrogens with one attached hydrogen (secondary N) is 1. The zero-order valence-electron chi connectivity index (χ0n) is 12.8. The second-order valence-corrected chi connectivity index (χ2v) is 5.48. The fourth-order valence-electron chi connectivity index (χ4n) is 2.71. The summed E-state index contributed by atoms with van der Waals surface area (Å²) in [6, 6.07) is 14.7. The molecule has 0 aliphatic carbocycles. The maximum atomic E-state index is 13.5. The molecule has 0 spiro atoms. The molecule has 2 aromatic rings. The van der Waals surface area contributed by atoms with Crippen LogP contribution in [0.1, 0.15) is 23.6 Å². The van der Waals surface area contributed by atoms with Crippen molar-refractivity contribution in [2.45, 2.75) is 18.9 Å². The first-order valence-corrected chi connectivity index (χ1v) is 7.75. The van der Waals surface area contributed by atoms with E-state index in [-0.39, 0.29) is 11.9 Å². The van der Waals surface area contributed by atoms with Gasteiger partial charge in [0.2, 0.25) is 0 Å². The lowest BCUT2D eigenvalue weighted by atomic mass is 10.0. The van der Waals surface area contributed by atoms with Gasteiger partial charge in [-0.1, -0.05) is 36.4 Å². The zero-order chi connectivity index (χ0) is 16.1. The number of nitrogens with zero attached hydrogens (tertiary/aromatic N) is 1. The zero-order valence-corrected chi connectivity index (χ0v) is 12.8. The molecule has 0 saturated carbocycles. The predicted octanol–water partition coefficient (Wildman–Crippen LogP) is 2.80. The number of hydrogen-bond acceptors (Lipinski definition) is 2. The standard InChI is InChI=1S/C18H20FN3O/c19-15-7-3-1-5-13(15)9-11-21-18(20)22-16-10-12-23-17-8-4-2-6-14(16)17/h1-8,16H,9-12H2,(H3,20,21,22). The Morgan fingerprint density at radius 2 is 2.00 bits per heavy atom. The number of rotatable bonds is 4. The van der Waals surface area contributed by atoms with Crippen LogP contribution in [0.25, 0.3) is 0 Å². The van der Waals surface area contributed by atoms with Gasteiger partial charge in [0.1, 0.15) is 11.6 Å². The van der Waals surface area contributed by atoms with Crippen molar-refractivity contribution in [1.29, 1.82) is 0 Å². The van der Waals surface area contributed by atoms with Crippen molar-refractivity contribution in [3.8, 4) is 5.75 Å². The molecule has 1 aliphatic heterocycles. The average molecular weight is 313 g/mol. The third kappa shape index (κ3) is 3.80. The number of benzene rings is 2. The number of hydrogen-bond donors (Lipinski definition) is 2. The van der Waals surface area contributed by atoms with Gasteiger partial charge in [-0.3, -0.25) is 4.99 Å². The molecular weight excluding hydrogens is 293 g/mol. The number of guanidine groups is 1. The first-order chi connectivity index (χ1) is 11.2. The first-order valence-electron chi connectivity index (χ1n) is 7.75. The van der Waals surface area contributed by atoms with Crippen molar-refractivity contribution >= 4 is 5.96 Å². The van der Waals surface area contributed by atoms with E-state index in [0.717, 1.165) is 17.7 Å². The highest BCUT2D eigenvalue weighted by Gasteiger charge is 2.21. The topological polar surface area (TPSA) is 59.6 Å². The summed E-state index contributed by atoms with van der Waals surface area (Å²) in [5.41, 5.74) is 7.71. The van der Waals surface area contributed by atoms with Crippen LogP contribution in [0.3, 0.4) is 0 Å². The first kappa shape index (κ1) is 15.3. The Morgan fingerprint density at radius 3 is 2.87 bits per heavy atom. The van der Waals surface area contributed by atoms with Crippen molar-refractivity contribution in [2.75, 3.05) is 13.2 Å². The monoisotopic (exact) mass is 313 g/mol. The van der Waals surface area contributed by atoms with E-state index in [9.17, 15) is 4.39 Å². The molecule has 3 rings (SSSR count). The van der Waals surface area contributed by atoms with E-state index >= 15 is 0 Å². The van der Waals surface area contributed by atoms with Gasteiger partial charge in [0.25, 0.3) is 0 Å². The third-order valence-electron chi connectivity index (χ3n) is 3.90. The lowest BCUT2D eigenvalue weighted by Gasteiger charge is -2.26. The number of ether oxygens (including phenoxy) is 1. The van der Waals surface area contributed by atoms with Gasteiger partial charge in [0, 0.05) is 18.5 Å². The fourth-order valence-corrected chi connectivity index (χ4v) is 2.71. The Balaban J connectivity index is 1.59. The second-order valence-electron chi connectivity index (χ2n) is 5.48. The highest BCUT2D eigenvalue weighted by molar-refractivity contribution is 5.78. The highest BCUT2D eigenvalue weighted by Crippen LogP contribution is 2.31. The molecule has 0 radical (unpaired) electrons. The summed E-state index contributed by atoms with van der Waals surface area (Å²) in [6.45, 7) is 1.10. The van der Waals surface area contributed by atoms with Crippen LogP contribution >= 0.6 is 0 Å². The molecule has 23 heavy (non-hydrogen) atoms. The Bertz CT molecular complexity index is 702. The maximum Gasteiger partial charge on any atom is 0.189 e. The van der Waals surface area contributed by atoms with Gasteiger partial charge in [-0.25, -0.2) is 4.39 Å². The minimum Gasteiger partial charge on any atom is -0.493 e. The van der Waals surface area contributed by atoms with E-state index in [4.69, 9.17) is 10.5 Å². The van der Waals surface area contributed by atoms with Gasteiger partial charge in [-0.15, -0.1) is 0 Å². The van der Waals surface area contributed by atoms with Gasteiger partial charge in [0.05, 0.1) is 12.6 Å². The lowest BCUT2D eigenvalue weighted by molar-refractivity contribution is 0.262.